The topological polar surface area (TPSA) is 53.6 Å². The van der Waals surface area contributed by atoms with Crippen LogP contribution in [0.5, 0.6) is 0 Å². The lowest BCUT2D eigenvalue weighted by Crippen LogP contribution is -2.16. The van der Waals surface area contributed by atoms with Gasteiger partial charge in [-0.3, -0.25) is 5.10 Å². The fourth-order valence-electron chi connectivity index (χ4n) is 2.09. The van der Waals surface area contributed by atoms with Gasteiger partial charge in [0.1, 0.15) is 5.82 Å². The van der Waals surface area contributed by atoms with E-state index in [0.29, 0.717) is 5.95 Å². The molecule has 4 heteroatoms. The molecule has 21 heavy (non-hydrogen) atoms. The van der Waals surface area contributed by atoms with E-state index in [0.717, 1.165) is 11.5 Å². The van der Waals surface area contributed by atoms with Crippen LogP contribution in [0.3, 0.4) is 0 Å². The molecule has 1 heterocycles. The summed E-state index contributed by atoms with van der Waals surface area (Å²) >= 11 is 0. The maximum Gasteiger partial charge on any atom is 0.246 e. The van der Waals surface area contributed by atoms with Gasteiger partial charge in [-0.05, 0) is 41.0 Å². The van der Waals surface area contributed by atoms with Gasteiger partial charge in [0.15, 0.2) is 0 Å². The minimum atomic E-state index is 0.104. The molecule has 0 atom stereocenters. The molecule has 0 aliphatic carbocycles. The van der Waals surface area contributed by atoms with E-state index in [2.05, 4.69) is 80.2 Å². The minimum absolute atomic E-state index is 0.104. The summed E-state index contributed by atoms with van der Waals surface area (Å²) in [5, 5.41) is 10.3. The number of nitrogens with one attached hydrogen (secondary N) is 2. The Morgan fingerprint density at radius 3 is 1.81 bits per heavy atom. The van der Waals surface area contributed by atoms with Crippen LogP contribution in [0.1, 0.15) is 58.5 Å². The lowest BCUT2D eigenvalue weighted by molar-refractivity contribution is 0.569. The Bertz CT molecular complexity index is 595. The van der Waals surface area contributed by atoms with Crippen molar-refractivity contribution in [3.63, 3.8) is 0 Å². The van der Waals surface area contributed by atoms with Gasteiger partial charge in [-0.15, -0.1) is 5.10 Å². The predicted molar refractivity (Wildman–Crippen MR) is 88.2 cm³/mol. The molecule has 0 radical (unpaired) electrons. The molecular formula is C17H26N4. The van der Waals surface area contributed by atoms with Gasteiger partial charge >= 0.3 is 0 Å². The standard InChI is InChI=1S/C17H26N4/c1-11-18-15(21-20-11)19-14-9-12(16(2,3)4)8-13(10-14)17(5,6)7/h8-10H,1-7H3,(H2,18,19,20,21). The van der Waals surface area contributed by atoms with Gasteiger partial charge in [-0.2, -0.15) is 4.98 Å². The molecule has 2 rings (SSSR count). The molecule has 0 fully saturated rings. The molecule has 1 aromatic heterocycles. The van der Waals surface area contributed by atoms with E-state index in [4.69, 9.17) is 0 Å². The van der Waals surface area contributed by atoms with Gasteiger partial charge in [-0.1, -0.05) is 47.6 Å². The normalized spacial score (nSPS) is 12.5. The second kappa shape index (κ2) is 5.17. The third kappa shape index (κ3) is 3.84. The Morgan fingerprint density at radius 2 is 1.43 bits per heavy atom. The van der Waals surface area contributed by atoms with E-state index in [9.17, 15) is 0 Å². The van der Waals surface area contributed by atoms with Gasteiger partial charge in [0.25, 0.3) is 0 Å². The van der Waals surface area contributed by atoms with Gasteiger partial charge in [0.05, 0.1) is 0 Å². The molecule has 0 saturated carbocycles. The molecule has 2 N–H and O–H groups in total. The second-order valence-electron chi connectivity index (χ2n) is 7.67. The number of nitrogens with zero attached hydrogens (tertiary/aromatic N) is 2. The second-order valence-corrected chi connectivity index (χ2v) is 7.67. The summed E-state index contributed by atoms with van der Waals surface area (Å²) in [5.74, 6) is 1.42. The zero-order chi connectivity index (χ0) is 15.8. The zero-order valence-corrected chi connectivity index (χ0v) is 14.1. The smallest absolute Gasteiger partial charge is 0.246 e. The average molecular weight is 286 g/mol. The molecule has 0 spiro atoms. The summed E-state index contributed by atoms with van der Waals surface area (Å²) in [6, 6.07) is 6.66. The average Bonchev–Trinajstić information content (AvgIpc) is 2.72. The van der Waals surface area contributed by atoms with E-state index >= 15 is 0 Å². The van der Waals surface area contributed by atoms with E-state index in [1.165, 1.54) is 11.1 Å². The van der Waals surface area contributed by atoms with E-state index in [1.807, 2.05) is 6.92 Å². The van der Waals surface area contributed by atoms with Crippen LogP contribution in [-0.4, -0.2) is 15.2 Å². The van der Waals surface area contributed by atoms with Crippen LogP contribution in [0.2, 0.25) is 0 Å². The Balaban J connectivity index is 2.45. The first-order valence-corrected chi connectivity index (χ1v) is 7.38. The van der Waals surface area contributed by atoms with Gasteiger partial charge < -0.3 is 5.32 Å². The number of aromatic nitrogens is 3. The highest BCUT2D eigenvalue weighted by Crippen LogP contribution is 2.32. The van der Waals surface area contributed by atoms with Crippen molar-refractivity contribution in [2.24, 2.45) is 0 Å². The first-order chi connectivity index (χ1) is 9.55. The molecular weight excluding hydrogens is 260 g/mol. The van der Waals surface area contributed by atoms with Crippen LogP contribution in [0, 0.1) is 6.92 Å². The Labute approximate surface area is 127 Å². The molecule has 1 aromatic carbocycles. The maximum absolute atomic E-state index is 4.31. The number of anilines is 2. The maximum atomic E-state index is 4.31. The van der Waals surface area contributed by atoms with Crippen molar-refractivity contribution in [1.82, 2.24) is 15.2 Å². The quantitative estimate of drug-likeness (QED) is 0.857. The third-order valence-electron chi connectivity index (χ3n) is 3.52. The summed E-state index contributed by atoms with van der Waals surface area (Å²) in [5.41, 5.74) is 3.86. The first kappa shape index (κ1) is 15.5. The number of H-pyrrole nitrogens is 1. The molecule has 0 aliphatic heterocycles. The van der Waals surface area contributed by atoms with Gasteiger partial charge in [0, 0.05) is 5.69 Å². The van der Waals surface area contributed by atoms with Crippen LogP contribution >= 0.6 is 0 Å². The summed E-state index contributed by atoms with van der Waals surface area (Å²) < 4.78 is 0. The van der Waals surface area contributed by atoms with Crippen molar-refractivity contribution in [2.75, 3.05) is 5.32 Å². The number of hydrogen-bond donors (Lipinski definition) is 2. The third-order valence-corrected chi connectivity index (χ3v) is 3.52. The Morgan fingerprint density at radius 1 is 0.905 bits per heavy atom. The molecule has 0 bridgehead atoms. The summed E-state index contributed by atoms with van der Waals surface area (Å²) in [7, 11) is 0. The predicted octanol–water partition coefficient (Wildman–Crippen LogP) is 4.45. The van der Waals surface area contributed by atoms with Crippen LogP contribution < -0.4 is 5.32 Å². The van der Waals surface area contributed by atoms with Crippen LogP contribution in [-0.2, 0) is 10.8 Å². The lowest BCUT2D eigenvalue weighted by Gasteiger charge is -2.26. The fourth-order valence-corrected chi connectivity index (χ4v) is 2.09. The van der Waals surface area contributed by atoms with Crippen molar-refractivity contribution in [3.8, 4) is 0 Å². The van der Waals surface area contributed by atoms with Crippen LogP contribution in [0.25, 0.3) is 0 Å². The summed E-state index contributed by atoms with van der Waals surface area (Å²) in [4.78, 5) is 4.31. The molecule has 4 nitrogen and oxygen atoms in total. The van der Waals surface area contributed by atoms with Crippen molar-refractivity contribution in [2.45, 2.75) is 59.3 Å². The highest BCUT2D eigenvalue weighted by molar-refractivity contribution is 5.57. The highest BCUT2D eigenvalue weighted by atomic mass is 15.3. The fraction of sp³-hybridized carbons (Fsp3) is 0.529. The number of aryl methyl sites for hydroxylation is 1. The zero-order valence-electron chi connectivity index (χ0n) is 14.1. The minimum Gasteiger partial charge on any atom is -0.323 e. The number of aromatic amines is 1. The number of hydrogen-bond acceptors (Lipinski definition) is 3. The van der Waals surface area contributed by atoms with Crippen molar-refractivity contribution < 1.29 is 0 Å². The summed E-state index contributed by atoms with van der Waals surface area (Å²) in [6.45, 7) is 15.3. The number of rotatable bonds is 2. The van der Waals surface area contributed by atoms with Crippen molar-refractivity contribution in [1.29, 1.82) is 0 Å². The van der Waals surface area contributed by atoms with Crippen LogP contribution in [0.15, 0.2) is 18.2 Å². The molecule has 0 unspecified atom stereocenters. The number of benzene rings is 1. The van der Waals surface area contributed by atoms with Crippen LogP contribution in [0.4, 0.5) is 11.6 Å². The summed E-state index contributed by atoms with van der Waals surface area (Å²) in [6.07, 6.45) is 0. The SMILES string of the molecule is Cc1nc(Nc2cc(C(C)(C)C)cc(C(C)(C)C)c2)n[nH]1. The molecule has 0 aliphatic rings. The molecule has 2 aromatic rings. The van der Waals surface area contributed by atoms with E-state index < -0.39 is 0 Å². The highest BCUT2D eigenvalue weighted by Gasteiger charge is 2.20. The Kier molecular flexibility index (Phi) is 3.83. The Hall–Kier alpha value is -1.84. The lowest BCUT2D eigenvalue weighted by atomic mass is 9.80. The monoisotopic (exact) mass is 286 g/mol. The molecule has 114 valence electrons. The van der Waals surface area contributed by atoms with Crippen molar-refractivity contribution in [3.05, 3.63) is 35.2 Å². The van der Waals surface area contributed by atoms with E-state index in [-0.39, 0.29) is 10.8 Å². The molecule has 0 saturated heterocycles. The largest absolute Gasteiger partial charge is 0.323 e. The van der Waals surface area contributed by atoms with E-state index in [1.54, 1.807) is 0 Å². The van der Waals surface area contributed by atoms with Gasteiger partial charge in [0.2, 0.25) is 5.95 Å². The molecule has 0 amide bonds. The van der Waals surface area contributed by atoms with Gasteiger partial charge in [-0.25, -0.2) is 0 Å². The first-order valence-electron chi connectivity index (χ1n) is 7.38. The van der Waals surface area contributed by atoms with Crippen molar-refractivity contribution >= 4 is 11.6 Å².